The quantitative estimate of drug-likeness (QED) is 0.533. The van der Waals surface area contributed by atoms with Gasteiger partial charge in [-0.25, -0.2) is 0 Å². The molecule has 3 N–H and O–H groups in total. The van der Waals surface area contributed by atoms with Crippen molar-refractivity contribution in [3.8, 4) is 0 Å². The van der Waals surface area contributed by atoms with E-state index in [0.717, 1.165) is 24.2 Å². The Balaban J connectivity index is 2.61. The molecule has 21 heavy (non-hydrogen) atoms. The molecule has 0 fully saturated rings. The summed E-state index contributed by atoms with van der Waals surface area (Å²) in [6.45, 7) is 8.24. The molecule has 0 aromatic heterocycles. The third-order valence-corrected chi connectivity index (χ3v) is 3.21. The highest BCUT2D eigenvalue weighted by Crippen LogP contribution is 2.17. The fourth-order valence-electron chi connectivity index (χ4n) is 1.84. The summed E-state index contributed by atoms with van der Waals surface area (Å²) in [6.07, 6.45) is 3.62. The molecule has 1 rings (SSSR count). The molecule has 1 atom stereocenters. The molecule has 0 radical (unpaired) electrons. The summed E-state index contributed by atoms with van der Waals surface area (Å²) in [7, 11) is 0. The highest BCUT2D eigenvalue weighted by molar-refractivity contribution is 7.80. The summed E-state index contributed by atoms with van der Waals surface area (Å²) in [5, 5.41) is 9.51. The Labute approximate surface area is 132 Å². The predicted molar refractivity (Wildman–Crippen MR) is 93.6 cm³/mol. The number of carbonyl (C=O) groups excluding carboxylic acids is 1. The first-order valence-electron chi connectivity index (χ1n) is 7.13. The number of thiocarbonyl (C=S) groups is 1. The zero-order chi connectivity index (χ0) is 15.7. The minimum absolute atomic E-state index is 0.0157. The summed E-state index contributed by atoms with van der Waals surface area (Å²) in [4.78, 5) is 12.0. The van der Waals surface area contributed by atoms with E-state index in [0.29, 0.717) is 11.7 Å². The Morgan fingerprint density at radius 1 is 1.38 bits per heavy atom. The second kappa shape index (κ2) is 9.13. The van der Waals surface area contributed by atoms with Crippen LogP contribution in [0.3, 0.4) is 0 Å². The molecule has 1 unspecified atom stereocenters. The van der Waals surface area contributed by atoms with Crippen molar-refractivity contribution in [2.45, 2.75) is 26.7 Å². The van der Waals surface area contributed by atoms with Gasteiger partial charge in [0.25, 0.3) is 0 Å². The van der Waals surface area contributed by atoms with E-state index in [1.807, 2.05) is 31.2 Å². The van der Waals surface area contributed by atoms with E-state index >= 15 is 0 Å². The number of benzene rings is 1. The van der Waals surface area contributed by atoms with Crippen molar-refractivity contribution < 1.29 is 4.79 Å². The van der Waals surface area contributed by atoms with Crippen LogP contribution >= 0.6 is 12.2 Å². The molecule has 0 aliphatic heterocycles. The van der Waals surface area contributed by atoms with E-state index in [-0.39, 0.29) is 11.8 Å². The molecule has 0 heterocycles. The van der Waals surface area contributed by atoms with Gasteiger partial charge in [0.15, 0.2) is 5.11 Å². The molecule has 0 saturated carbocycles. The number of rotatable bonds is 7. The number of hydrogen-bond acceptors (Lipinski definition) is 2. The fourth-order valence-corrected chi connectivity index (χ4v) is 2.05. The van der Waals surface area contributed by atoms with Gasteiger partial charge in [-0.15, -0.1) is 6.58 Å². The third-order valence-electron chi connectivity index (χ3n) is 2.96. The molecule has 1 aromatic carbocycles. The zero-order valence-electron chi connectivity index (χ0n) is 12.6. The molecule has 0 saturated heterocycles. The van der Waals surface area contributed by atoms with Crippen molar-refractivity contribution >= 4 is 34.6 Å². The highest BCUT2D eigenvalue weighted by atomic mass is 32.1. The van der Waals surface area contributed by atoms with Crippen molar-refractivity contribution in [2.75, 3.05) is 17.2 Å². The van der Waals surface area contributed by atoms with Gasteiger partial charge >= 0.3 is 0 Å². The zero-order valence-corrected chi connectivity index (χ0v) is 13.4. The van der Waals surface area contributed by atoms with E-state index in [2.05, 4.69) is 29.5 Å². The lowest BCUT2D eigenvalue weighted by molar-refractivity contribution is -0.119. The van der Waals surface area contributed by atoms with Gasteiger partial charge in [-0.3, -0.25) is 4.79 Å². The molecular weight excluding hydrogens is 282 g/mol. The second-order valence-electron chi connectivity index (χ2n) is 4.88. The largest absolute Gasteiger partial charge is 0.359 e. The van der Waals surface area contributed by atoms with Crippen LogP contribution in [0.2, 0.25) is 0 Å². The normalized spacial score (nSPS) is 11.3. The van der Waals surface area contributed by atoms with Gasteiger partial charge in [0, 0.05) is 23.8 Å². The molecule has 0 spiro atoms. The monoisotopic (exact) mass is 305 g/mol. The first-order chi connectivity index (χ1) is 10.1. The van der Waals surface area contributed by atoms with Crippen LogP contribution in [-0.4, -0.2) is 17.6 Å². The van der Waals surface area contributed by atoms with Crippen LogP contribution in [-0.2, 0) is 4.79 Å². The van der Waals surface area contributed by atoms with Gasteiger partial charge in [0.1, 0.15) is 0 Å². The van der Waals surface area contributed by atoms with E-state index in [1.54, 1.807) is 6.08 Å². The lowest BCUT2D eigenvalue weighted by Gasteiger charge is -2.13. The number of hydrogen-bond donors (Lipinski definition) is 3. The van der Waals surface area contributed by atoms with E-state index in [4.69, 9.17) is 12.2 Å². The van der Waals surface area contributed by atoms with Gasteiger partial charge in [-0.1, -0.05) is 32.4 Å². The maximum atomic E-state index is 12.0. The van der Waals surface area contributed by atoms with Crippen LogP contribution in [0.5, 0.6) is 0 Å². The first-order valence-corrected chi connectivity index (χ1v) is 7.54. The van der Waals surface area contributed by atoms with Gasteiger partial charge in [0.05, 0.1) is 0 Å². The smallest absolute Gasteiger partial charge is 0.227 e. The standard InChI is InChI=1S/C16H23N3OS/c1-4-7-12(3)15(20)18-13-8-6-9-14(11-13)19-16(21)17-10-5-2/h5-6,8-9,11-12H,2,4,7,10H2,1,3H3,(H,18,20)(H2,17,19,21). The molecular formula is C16H23N3OS. The van der Waals surface area contributed by atoms with Crippen LogP contribution in [0.4, 0.5) is 11.4 Å². The summed E-state index contributed by atoms with van der Waals surface area (Å²) < 4.78 is 0. The van der Waals surface area contributed by atoms with Crippen LogP contribution in [0.15, 0.2) is 36.9 Å². The van der Waals surface area contributed by atoms with Crippen molar-refractivity contribution in [3.63, 3.8) is 0 Å². The minimum atomic E-state index is 0.0157. The molecule has 4 nitrogen and oxygen atoms in total. The van der Waals surface area contributed by atoms with Gasteiger partial charge in [-0.2, -0.15) is 0 Å². The summed E-state index contributed by atoms with van der Waals surface area (Å²) in [5.41, 5.74) is 1.59. The van der Waals surface area contributed by atoms with E-state index in [1.165, 1.54) is 0 Å². The Morgan fingerprint density at radius 2 is 2.05 bits per heavy atom. The summed E-state index contributed by atoms with van der Waals surface area (Å²) >= 11 is 5.15. The minimum Gasteiger partial charge on any atom is -0.359 e. The Kier molecular flexibility index (Phi) is 7.46. The Morgan fingerprint density at radius 3 is 2.67 bits per heavy atom. The van der Waals surface area contributed by atoms with Crippen LogP contribution < -0.4 is 16.0 Å². The van der Waals surface area contributed by atoms with Gasteiger partial charge in [0.2, 0.25) is 5.91 Å². The maximum Gasteiger partial charge on any atom is 0.227 e. The summed E-state index contributed by atoms with van der Waals surface area (Å²) in [6, 6.07) is 7.49. The van der Waals surface area contributed by atoms with E-state index in [9.17, 15) is 4.79 Å². The van der Waals surface area contributed by atoms with E-state index < -0.39 is 0 Å². The van der Waals surface area contributed by atoms with Crippen molar-refractivity contribution in [3.05, 3.63) is 36.9 Å². The highest BCUT2D eigenvalue weighted by Gasteiger charge is 2.11. The van der Waals surface area contributed by atoms with Crippen LogP contribution in [0.25, 0.3) is 0 Å². The average Bonchev–Trinajstić information content (AvgIpc) is 2.45. The SMILES string of the molecule is C=CCNC(=S)Nc1cccc(NC(=O)C(C)CCC)c1. The predicted octanol–water partition coefficient (Wildman–Crippen LogP) is 3.53. The Hall–Kier alpha value is -1.88. The summed E-state index contributed by atoms with van der Waals surface area (Å²) in [5.74, 6) is 0.0586. The molecule has 0 aliphatic rings. The molecule has 1 aromatic rings. The molecule has 0 bridgehead atoms. The molecule has 0 aliphatic carbocycles. The fraction of sp³-hybridized carbons (Fsp3) is 0.375. The number of amides is 1. The van der Waals surface area contributed by atoms with Crippen molar-refractivity contribution in [1.29, 1.82) is 0 Å². The topological polar surface area (TPSA) is 53.2 Å². The van der Waals surface area contributed by atoms with Crippen LogP contribution in [0.1, 0.15) is 26.7 Å². The molecule has 1 amide bonds. The van der Waals surface area contributed by atoms with Gasteiger partial charge in [-0.05, 0) is 36.8 Å². The van der Waals surface area contributed by atoms with Crippen LogP contribution in [0, 0.1) is 5.92 Å². The molecule has 114 valence electrons. The van der Waals surface area contributed by atoms with Gasteiger partial charge < -0.3 is 16.0 Å². The first kappa shape index (κ1) is 17.2. The number of carbonyl (C=O) groups is 1. The third kappa shape index (κ3) is 6.40. The second-order valence-corrected chi connectivity index (χ2v) is 5.29. The number of nitrogens with one attached hydrogen (secondary N) is 3. The van der Waals surface area contributed by atoms with Crippen molar-refractivity contribution in [2.24, 2.45) is 5.92 Å². The molecule has 5 heteroatoms. The number of anilines is 2. The van der Waals surface area contributed by atoms with Crippen molar-refractivity contribution in [1.82, 2.24) is 5.32 Å². The lowest BCUT2D eigenvalue weighted by Crippen LogP contribution is -2.28. The Bertz CT molecular complexity index is 502. The average molecular weight is 305 g/mol. The maximum absolute atomic E-state index is 12.0. The lowest BCUT2D eigenvalue weighted by atomic mass is 10.1.